The highest BCUT2D eigenvalue weighted by molar-refractivity contribution is 7.80. The van der Waals surface area contributed by atoms with Crippen LogP contribution in [0.2, 0.25) is 0 Å². The maximum absolute atomic E-state index is 11.5. The van der Waals surface area contributed by atoms with Crippen molar-refractivity contribution in [1.29, 1.82) is 0 Å². The number of amides is 1. The second-order valence-corrected chi connectivity index (χ2v) is 4.46. The number of esters is 1. The number of aryl methyl sites for hydroxylation is 1. The van der Waals surface area contributed by atoms with Crippen LogP contribution < -0.4 is 10.6 Å². The Morgan fingerprint density at radius 1 is 1.38 bits per heavy atom. The van der Waals surface area contributed by atoms with Crippen LogP contribution in [0.25, 0.3) is 0 Å². The number of ether oxygens (including phenoxy) is 1. The van der Waals surface area contributed by atoms with Gasteiger partial charge in [-0.05, 0) is 43.8 Å². The number of carbonyl (C=O) groups excluding carboxylic acids is 2. The quantitative estimate of drug-likeness (QED) is 0.339. The Kier molecular flexibility index (Phi) is 6.35. The lowest BCUT2D eigenvalue weighted by atomic mass is 10.2. The van der Waals surface area contributed by atoms with Crippen LogP contribution in [0.15, 0.2) is 30.4 Å². The van der Waals surface area contributed by atoms with E-state index in [1.165, 1.54) is 6.07 Å². The molecule has 0 heterocycles. The van der Waals surface area contributed by atoms with E-state index in [-0.39, 0.29) is 17.5 Å². The van der Waals surface area contributed by atoms with Crippen molar-refractivity contribution < 1.29 is 19.4 Å². The van der Waals surface area contributed by atoms with Gasteiger partial charge in [0, 0.05) is 12.2 Å². The molecular weight excluding hydrogens is 292 g/mol. The molecule has 0 fully saturated rings. The second kappa shape index (κ2) is 8.01. The van der Waals surface area contributed by atoms with Crippen LogP contribution in [0.3, 0.4) is 0 Å². The third-order valence-electron chi connectivity index (χ3n) is 2.29. The topological polar surface area (TPSA) is 87.7 Å². The van der Waals surface area contributed by atoms with Crippen LogP contribution in [0.1, 0.15) is 12.5 Å². The monoisotopic (exact) mass is 308 g/mol. The molecule has 0 spiro atoms. The number of hydrogen-bond donors (Lipinski definition) is 3. The zero-order valence-electron chi connectivity index (χ0n) is 11.7. The first kappa shape index (κ1) is 16.6. The van der Waals surface area contributed by atoms with Crippen LogP contribution in [0.4, 0.5) is 5.69 Å². The van der Waals surface area contributed by atoms with Gasteiger partial charge in [0.25, 0.3) is 0 Å². The number of phenolic OH excluding ortho intramolecular Hbond substituents is 1. The first-order chi connectivity index (χ1) is 9.92. The molecule has 0 aliphatic carbocycles. The Morgan fingerprint density at radius 2 is 2.10 bits per heavy atom. The highest BCUT2D eigenvalue weighted by Crippen LogP contribution is 2.23. The summed E-state index contributed by atoms with van der Waals surface area (Å²) in [6.45, 7) is 3.75. The van der Waals surface area contributed by atoms with Crippen molar-refractivity contribution in [2.24, 2.45) is 0 Å². The number of thiocarbonyl (C=S) groups is 1. The average molecular weight is 308 g/mol. The normalized spacial score (nSPS) is 10.2. The first-order valence-electron chi connectivity index (χ1n) is 6.18. The fraction of sp³-hybridized carbons (Fsp3) is 0.214. The molecule has 0 saturated carbocycles. The van der Waals surface area contributed by atoms with Crippen molar-refractivity contribution in [2.45, 2.75) is 13.8 Å². The number of benzene rings is 1. The molecule has 0 bridgehead atoms. The lowest BCUT2D eigenvalue weighted by Gasteiger charge is -2.10. The molecule has 1 amide bonds. The van der Waals surface area contributed by atoms with Crippen LogP contribution >= 0.6 is 12.2 Å². The third kappa shape index (κ3) is 6.05. The van der Waals surface area contributed by atoms with Crippen LogP contribution in [-0.4, -0.2) is 28.7 Å². The summed E-state index contributed by atoms with van der Waals surface area (Å²) in [6, 6.07) is 4.94. The third-order valence-corrected chi connectivity index (χ3v) is 2.50. The van der Waals surface area contributed by atoms with E-state index in [9.17, 15) is 14.7 Å². The van der Waals surface area contributed by atoms with Crippen molar-refractivity contribution in [3.8, 4) is 5.75 Å². The van der Waals surface area contributed by atoms with Gasteiger partial charge in [-0.2, -0.15) is 0 Å². The molecule has 0 aliphatic rings. The number of aromatic hydroxyl groups is 1. The Bertz CT molecular complexity index is 584. The van der Waals surface area contributed by atoms with Crippen molar-refractivity contribution in [3.05, 3.63) is 35.9 Å². The predicted octanol–water partition coefficient (Wildman–Crippen LogP) is 1.63. The van der Waals surface area contributed by atoms with Crippen LogP contribution in [0.5, 0.6) is 5.75 Å². The Labute approximate surface area is 127 Å². The second-order valence-electron chi connectivity index (χ2n) is 4.05. The standard InChI is InChI=1S/C14H16N2O4S/c1-3-20-13(19)7-6-12(18)16-14(21)15-10-8-9(2)4-5-11(10)17/h4-8,17H,3H2,1-2H3,(H2,15,16,18,21). The number of carbonyl (C=O) groups is 2. The van der Waals surface area contributed by atoms with Gasteiger partial charge in [-0.25, -0.2) is 4.79 Å². The SMILES string of the molecule is CCOC(=O)C=CC(=O)NC(=S)Nc1cc(C)ccc1O. The summed E-state index contributed by atoms with van der Waals surface area (Å²) in [7, 11) is 0. The molecule has 1 aromatic carbocycles. The van der Waals surface area contributed by atoms with Gasteiger partial charge < -0.3 is 15.2 Å². The molecule has 1 rings (SSSR count). The van der Waals surface area contributed by atoms with E-state index >= 15 is 0 Å². The number of phenols is 1. The molecule has 0 atom stereocenters. The van der Waals surface area contributed by atoms with E-state index in [1.807, 2.05) is 6.92 Å². The molecular formula is C14H16N2O4S. The van der Waals surface area contributed by atoms with E-state index in [2.05, 4.69) is 15.4 Å². The molecule has 7 heteroatoms. The fourth-order valence-corrected chi connectivity index (χ4v) is 1.60. The predicted molar refractivity (Wildman–Crippen MR) is 83.0 cm³/mol. The number of hydrogen-bond acceptors (Lipinski definition) is 5. The highest BCUT2D eigenvalue weighted by Gasteiger charge is 2.06. The molecule has 0 radical (unpaired) electrons. The first-order valence-corrected chi connectivity index (χ1v) is 6.59. The summed E-state index contributed by atoms with van der Waals surface area (Å²) in [5.74, 6) is -1.17. The van der Waals surface area contributed by atoms with E-state index in [1.54, 1.807) is 19.1 Å². The summed E-state index contributed by atoms with van der Waals surface area (Å²) >= 11 is 4.94. The summed E-state index contributed by atoms with van der Waals surface area (Å²) in [4.78, 5) is 22.5. The fourth-order valence-electron chi connectivity index (χ4n) is 1.39. The van der Waals surface area contributed by atoms with Crippen molar-refractivity contribution in [1.82, 2.24) is 5.32 Å². The zero-order valence-corrected chi connectivity index (χ0v) is 12.5. The van der Waals surface area contributed by atoms with Crippen molar-refractivity contribution in [2.75, 3.05) is 11.9 Å². The maximum atomic E-state index is 11.5. The Morgan fingerprint density at radius 3 is 2.76 bits per heavy atom. The minimum Gasteiger partial charge on any atom is -0.506 e. The Balaban J connectivity index is 2.55. The summed E-state index contributed by atoms with van der Waals surface area (Å²) in [6.07, 6.45) is 2.02. The van der Waals surface area contributed by atoms with Crippen LogP contribution in [0, 0.1) is 6.92 Å². The summed E-state index contributed by atoms with van der Waals surface area (Å²) < 4.78 is 4.63. The smallest absolute Gasteiger partial charge is 0.330 e. The molecule has 0 saturated heterocycles. The lowest BCUT2D eigenvalue weighted by molar-refractivity contribution is -0.137. The van der Waals surface area contributed by atoms with Crippen molar-refractivity contribution >= 4 is 34.9 Å². The minimum atomic E-state index is -0.608. The molecule has 6 nitrogen and oxygen atoms in total. The Hall–Kier alpha value is -2.41. The molecule has 1 aromatic rings. The van der Waals surface area contributed by atoms with E-state index in [0.717, 1.165) is 17.7 Å². The minimum absolute atomic E-state index is 0.00871. The largest absolute Gasteiger partial charge is 0.506 e. The molecule has 21 heavy (non-hydrogen) atoms. The van der Waals surface area contributed by atoms with Gasteiger partial charge in [-0.3, -0.25) is 10.1 Å². The summed E-state index contributed by atoms with van der Waals surface area (Å²) in [5.41, 5.74) is 1.31. The van der Waals surface area contributed by atoms with Gasteiger partial charge in [0.2, 0.25) is 5.91 Å². The van der Waals surface area contributed by atoms with Gasteiger partial charge in [0.15, 0.2) is 5.11 Å². The zero-order chi connectivity index (χ0) is 15.8. The lowest BCUT2D eigenvalue weighted by Crippen LogP contribution is -2.33. The average Bonchev–Trinajstić information content (AvgIpc) is 2.41. The van der Waals surface area contributed by atoms with Gasteiger partial charge in [-0.1, -0.05) is 6.07 Å². The highest BCUT2D eigenvalue weighted by atomic mass is 32.1. The molecule has 0 aromatic heterocycles. The molecule has 112 valence electrons. The molecule has 0 unspecified atom stereocenters. The van der Waals surface area contributed by atoms with Gasteiger partial charge in [-0.15, -0.1) is 0 Å². The van der Waals surface area contributed by atoms with Crippen molar-refractivity contribution in [3.63, 3.8) is 0 Å². The van der Waals surface area contributed by atoms with Crippen LogP contribution in [-0.2, 0) is 14.3 Å². The van der Waals surface area contributed by atoms with E-state index < -0.39 is 11.9 Å². The maximum Gasteiger partial charge on any atom is 0.330 e. The van der Waals surface area contributed by atoms with E-state index in [4.69, 9.17) is 12.2 Å². The van der Waals surface area contributed by atoms with Gasteiger partial charge in [0.05, 0.1) is 12.3 Å². The molecule has 3 N–H and O–H groups in total. The van der Waals surface area contributed by atoms with E-state index in [0.29, 0.717) is 5.69 Å². The van der Waals surface area contributed by atoms with Gasteiger partial charge >= 0.3 is 5.97 Å². The number of anilines is 1. The summed E-state index contributed by atoms with van der Waals surface area (Å²) in [5, 5.41) is 14.7. The number of rotatable bonds is 4. The molecule has 0 aliphatic heterocycles. The van der Waals surface area contributed by atoms with Gasteiger partial charge in [0.1, 0.15) is 5.75 Å². The number of nitrogens with one attached hydrogen (secondary N) is 2.